The van der Waals surface area contributed by atoms with Gasteiger partial charge in [0.1, 0.15) is 12.6 Å². The molecule has 2 rings (SSSR count). The molecule has 0 saturated carbocycles. The number of carbonyl (C=O) groups excluding carboxylic acids is 2. The third-order valence-electron chi connectivity index (χ3n) is 5.56. The number of sulfonamides is 1. The minimum absolute atomic E-state index is 0.0445. The maximum atomic E-state index is 13.5. The van der Waals surface area contributed by atoms with Crippen LogP contribution in [0.2, 0.25) is 5.02 Å². The van der Waals surface area contributed by atoms with Gasteiger partial charge in [-0.2, -0.15) is 0 Å². The molecule has 2 amide bonds. The van der Waals surface area contributed by atoms with E-state index in [9.17, 15) is 18.0 Å². The average Bonchev–Trinajstić information content (AvgIpc) is 2.76. The Morgan fingerprint density at radius 3 is 2.21 bits per heavy atom. The van der Waals surface area contributed by atoms with E-state index in [1.165, 1.54) is 4.90 Å². The summed E-state index contributed by atoms with van der Waals surface area (Å²) < 4.78 is 26.1. The molecule has 1 N–H and O–H groups in total. The van der Waals surface area contributed by atoms with E-state index >= 15 is 0 Å². The number of rotatable bonds is 10. The van der Waals surface area contributed by atoms with Gasteiger partial charge in [-0.3, -0.25) is 13.9 Å². The standard InChI is InChI=1S/C24H32ClN3O4S/c1-6-18(3)26-24(30)19(4)27(15-20-10-8-7-9-17(20)2)23(29)16-28(33(5,31)32)22-13-11-21(25)12-14-22/h7-14,18-19H,6,15-16H2,1-5H3,(H,26,30)/t18-,19-/m1/s1. The van der Waals surface area contributed by atoms with Crippen molar-refractivity contribution in [3.05, 3.63) is 64.7 Å². The van der Waals surface area contributed by atoms with Gasteiger partial charge in [0.25, 0.3) is 0 Å². The fourth-order valence-corrected chi connectivity index (χ4v) is 4.22. The Morgan fingerprint density at radius 1 is 1.06 bits per heavy atom. The summed E-state index contributed by atoms with van der Waals surface area (Å²) in [6.07, 6.45) is 1.79. The molecular formula is C24H32ClN3O4S. The molecule has 180 valence electrons. The van der Waals surface area contributed by atoms with Gasteiger partial charge in [0.15, 0.2) is 0 Å². The second-order valence-electron chi connectivity index (χ2n) is 8.19. The van der Waals surface area contributed by atoms with Gasteiger partial charge in [0.05, 0.1) is 11.9 Å². The first-order valence-corrected chi connectivity index (χ1v) is 13.0. The molecule has 0 aliphatic rings. The highest BCUT2D eigenvalue weighted by molar-refractivity contribution is 7.92. The lowest BCUT2D eigenvalue weighted by Crippen LogP contribution is -2.52. The van der Waals surface area contributed by atoms with Crippen molar-refractivity contribution in [2.75, 3.05) is 17.1 Å². The van der Waals surface area contributed by atoms with Crippen LogP contribution in [0.1, 0.15) is 38.3 Å². The molecule has 2 atom stereocenters. The van der Waals surface area contributed by atoms with Gasteiger partial charge in [-0.1, -0.05) is 42.8 Å². The monoisotopic (exact) mass is 493 g/mol. The van der Waals surface area contributed by atoms with Gasteiger partial charge >= 0.3 is 0 Å². The lowest BCUT2D eigenvalue weighted by molar-refractivity contribution is -0.139. The topological polar surface area (TPSA) is 86.8 Å². The number of anilines is 1. The minimum atomic E-state index is -3.77. The predicted molar refractivity (Wildman–Crippen MR) is 133 cm³/mol. The quantitative estimate of drug-likeness (QED) is 0.546. The molecule has 2 aromatic carbocycles. The van der Waals surface area contributed by atoms with E-state index in [4.69, 9.17) is 11.6 Å². The fraction of sp³-hybridized carbons (Fsp3) is 0.417. The maximum Gasteiger partial charge on any atom is 0.244 e. The highest BCUT2D eigenvalue weighted by Crippen LogP contribution is 2.22. The van der Waals surface area contributed by atoms with E-state index in [-0.39, 0.29) is 18.5 Å². The normalized spacial score (nSPS) is 13.2. The van der Waals surface area contributed by atoms with Crippen LogP contribution in [0.15, 0.2) is 48.5 Å². The van der Waals surface area contributed by atoms with E-state index in [1.54, 1.807) is 31.2 Å². The van der Waals surface area contributed by atoms with Crippen molar-refractivity contribution < 1.29 is 18.0 Å². The second kappa shape index (κ2) is 11.5. The predicted octanol–water partition coefficient (Wildman–Crippen LogP) is 3.75. The first-order valence-electron chi connectivity index (χ1n) is 10.8. The number of aryl methyl sites for hydroxylation is 1. The number of hydrogen-bond acceptors (Lipinski definition) is 4. The molecule has 0 heterocycles. The Bertz CT molecular complexity index is 1070. The fourth-order valence-electron chi connectivity index (χ4n) is 3.24. The number of carbonyl (C=O) groups is 2. The Balaban J connectivity index is 2.39. The number of nitrogens with zero attached hydrogens (tertiary/aromatic N) is 2. The highest BCUT2D eigenvalue weighted by Gasteiger charge is 2.30. The van der Waals surface area contributed by atoms with Crippen LogP contribution in [0.4, 0.5) is 5.69 Å². The molecule has 0 saturated heterocycles. The smallest absolute Gasteiger partial charge is 0.244 e. The summed E-state index contributed by atoms with van der Waals surface area (Å²) >= 11 is 5.93. The van der Waals surface area contributed by atoms with Crippen LogP contribution >= 0.6 is 11.6 Å². The Labute approximate surface area is 201 Å². The molecule has 0 aliphatic heterocycles. The largest absolute Gasteiger partial charge is 0.352 e. The molecular weight excluding hydrogens is 462 g/mol. The second-order valence-corrected chi connectivity index (χ2v) is 10.5. The van der Waals surface area contributed by atoms with Gasteiger partial charge in [-0.15, -0.1) is 0 Å². The Kier molecular flexibility index (Phi) is 9.31. The third-order valence-corrected chi connectivity index (χ3v) is 6.96. The molecule has 9 heteroatoms. The van der Waals surface area contributed by atoms with Crippen molar-refractivity contribution in [3.8, 4) is 0 Å². The molecule has 0 bridgehead atoms. The SMILES string of the molecule is CC[C@@H](C)NC(=O)[C@@H](C)N(Cc1ccccc1C)C(=O)CN(c1ccc(Cl)cc1)S(C)(=O)=O. The van der Waals surface area contributed by atoms with Crippen LogP contribution in [0.3, 0.4) is 0 Å². The van der Waals surface area contributed by atoms with E-state index in [0.29, 0.717) is 10.7 Å². The zero-order valence-corrected chi connectivity index (χ0v) is 21.3. The van der Waals surface area contributed by atoms with Crippen LogP contribution in [0.25, 0.3) is 0 Å². The molecule has 33 heavy (non-hydrogen) atoms. The van der Waals surface area contributed by atoms with E-state index in [2.05, 4.69) is 5.32 Å². The van der Waals surface area contributed by atoms with Crippen LogP contribution in [0.5, 0.6) is 0 Å². The van der Waals surface area contributed by atoms with Crippen molar-refractivity contribution >= 4 is 39.1 Å². The van der Waals surface area contributed by atoms with Gasteiger partial charge in [-0.05, 0) is 62.6 Å². The molecule has 0 radical (unpaired) electrons. The Hall–Kier alpha value is -2.58. The van der Waals surface area contributed by atoms with E-state index < -0.39 is 28.5 Å². The molecule has 2 aromatic rings. The summed E-state index contributed by atoms with van der Waals surface area (Å²) in [5.74, 6) is -0.769. The molecule has 0 fully saturated rings. The molecule has 0 aliphatic carbocycles. The summed E-state index contributed by atoms with van der Waals surface area (Å²) in [5, 5.41) is 3.36. The number of benzene rings is 2. The van der Waals surface area contributed by atoms with Gasteiger partial charge in [0, 0.05) is 17.6 Å². The van der Waals surface area contributed by atoms with Crippen LogP contribution in [-0.2, 0) is 26.2 Å². The summed E-state index contributed by atoms with van der Waals surface area (Å²) in [4.78, 5) is 27.8. The van der Waals surface area contributed by atoms with Crippen molar-refractivity contribution in [3.63, 3.8) is 0 Å². The summed E-state index contributed by atoms with van der Waals surface area (Å²) in [6, 6.07) is 13.0. The van der Waals surface area contributed by atoms with Crippen LogP contribution in [-0.4, -0.2) is 50.0 Å². The van der Waals surface area contributed by atoms with Crippen molar-refractivity contribution in [2.45, 2.75) is 52.7 Å². The Morgan fingerprint density at radius 2 is 1.67 bits per heavy atom. The number of halogens is 1. The molecule has 0 unspecified atom stereocenters. The first-order chi connectivity index (χ1) is 15.4. The summed E-state index contributed by atoms with van der Waals surface area (Å²) in [6.45, 7) is 7.18. The number of amides is 2. The third kappa shape index (κ3) is 7.47. The highest BCUT2D eigenvalue weighted by atomic mass is 35.5. The lowest BCUT2D eigenvalue weighted by atomic mass is 10.1. The van der Waals surface area contributed by atoms with Crippen molar-refractivity contribution in [2.24, 2.45) is 0 Å². The van der Waals surface area contributed by atoms with Crippen molar-refractivity contribution in [1.29, 1.82) is 0 Å². The van der Waals surface area contributed by atoms with Crippen LogP contribution in [0, 0.1) is 6.92 Å². The van der Waals surface area contributed by atoms with Gasteiger partial charge in [-0.25, -0.2) is 8.42 Å². The van der Waals surface area contributed by atoms with E-state index in [1.807, 2.05) is 45.0 Å². The van der Waals surface area contributed by atoms with Crippen LogP contribution < -0.4 is 9.62 Å². The number of nitrogens with one attached hydrogen (secondary N) is 1. The molecule has 0 spiro atoms. The summed E-state index contributed by atoms with van der Waals surface area (Å²) in [5.41, 5.74) is 2.18. The zero-order chi connectivity index (χ0) is 24.8. The summed E-state index contributed by atoms with van der Waals surface area (Å²) in [7, 11) is -3.77. The first kappa shape index (κ1) is 26.7. The van der Waals surface area contributed by atoms with Crippen molar-refractivity contribution in [1.82, 2.24) is 10.2 Å². The average molecular weight is 494 g/mol. The van der Waals surface area contributed by atoms with Gasteiger partial charge < -0.3 is 10.2 Å². The molecule has 7 nitrogen and oxygen atoms in total. The lowest BCUT2D eigenvalue weighted by Gasteiger charge is -2.32. The van der Waals surface area contributed by atoms with Gasteiger partial charge in [0.2, 0.25) is 21.8 Å². The number of hydrogen-bond donors (Lipinski definition) is 1. The molecule has 0 aromatic heterocycles. The maximum absolute atomic E-state index is 13.5. The van der Waals surface area contributed by atoms with E-state index in [0.717, 1.165) is 28.1 Å². The minimum Gasteiger partial charge on any atom is -0.352 e. The zero-order valence-electron chi connectivity index (χ0n) is 19.7.